The maximum Gasteiger partial charge on any atom is 0.244 e. The fourth-order valence-corrected chi connectivity index (χ4v) is 4.82. The normalized spacial score (nSPS) is 12.7. The van der Waals surface area contributed by atoms with E-state index in [2.05, 4.69) is 5.32 Å². The number of nitrogens with zero attached hydrogens (tertiary/aromatic N) is 2. The molecule has 10 heteroatoms. The van der Waals surface area contributed by atoms with Gasteiger partial charge in [-0.25, -0.2) is 8.42 Å². The van der Waals surface area contributed by atoms with Crippen molar-refractivity contribution in [2.75, 3.05) is 17.1 Å². The molecule has 0 bridgehead atoms. The first-order chi connectivity index (χ1) is 16.1. The summed E-state index contributed by atoms with van der Waals surface area (Å²) in [6, 6.07) is 11.2. The van der Waals surface area contributed by atoms with Gasteiger partial charge in [0.25, 0.3) is 0 Å². The first-order valence-electron chi connectivity index (χ1n) is 11.2. The molecule has 0 aliphatic carbocycles. The van der Waals surface area contributed by atoms with Crippen LogP contribution < -0.4 is 9.62 Å². The Morgan fingerprint density at radius 3 is 2.17 bits per heavy atom. The Kier molecular flexibility index (Phi) is 9.62. The van der Waals surface area contributed by atoms with Crippen molar-refractivity contribution in [2.24, 2.45) is 0 Å². The predicted octanol–water partition coefficient (Wildman–Crippen LogP) is 4.79. The average molecular weight is 543 g/mol. The zero-order valence-electron chi connectivity index (χ0n) is 20.9. The molecule has 0 saturated heterocycles. The number of carbonyl (C=O) groups is 2. The van der Waals surface area contributed by atoms with Crippen molar-refractivity contribution in [3.8, 4) is 0 Å². The van der Waals surface area contributed by atoms with Crippen molar-refractivity contribution in [1.29, 1.82) is 0 Å². The van der Waals surface area contributed by atoms with Crippen LogP contribution in [0.2, 0.25) is 10.0 Å². The van der Waals surface area contributed by atoms with Crippen LogP contribution in [0, 0.1) is 6.92 Å². The molecule has 0 radical (unpaired) electrons. The number of rotatable bonds is 9. The van der Waals surface area contributed by atoms with Gasteiger partial charge in [0, 0.05) is 17.1 Å². The molecule has 1 N–H and O–H groups in total. The van der Waals surface area contributed by atoms with E-state index in [4.69, 9.17) is 23.2 Å². The van der Waals surface area contributed by atoms with Crippen molar-refractivity contribution in [2.45, 2.75) is 59.2 Å². The van der Waals surface area contributed by atoms with E-state index in [1.165, 1.54) is 23.1 Å². The number of sulfonamides is 1. The zero-order chi connectivity index (χ0) is 26.6. The summed E-state index contributed by atoms with van der Waals surface area (Å²) in [5, 5.41) is 3.34. The van der Waals surface area contributed by atoms with E-state index < -0.39 is 34.1 Å². The first-order valence-corrected chi connectivity index (χ1v) is 13.8. The summed E-state index contributed by atoms with van der Waals surface area (Å²) >= 11 is 12.3. The van der Waals surface area contributed by atoms with Crippen LogP contribution in [0.5, 0.6) is 0 Å². The van der Waals surface area contributed by atoms with Crippen LogP contribution in [0.1, 0.15) is 45.2 Å². The lowest BCUT2D eigenvalue weighted by molar-refractivity contribution is -0.141. The molecule has 1 atom stereocenters. The Morgan fingerprint density at radius 2 is 1.66 bits per heavy atom. The molecule has 1 unspecified atom stereocenters. The quantitative estimate of drug-likeness (QED) is 0.494. The van der Waals surface area contributed by atoms with E-state index in [0.717, 1.165) is 21.7 Å². The number of amides is 2. The molecule has 7 nitrogen and oxygen atoms in total. The van der Waals surface area contributed by atoms with Gasteiger partial charge >= 0.3 is 0 Å². The second-order valence-electron chi connectivity index (χ2n) is 9.54. The summed E-state index contributed by atoms with van der Waals surface area (Å²) in [6.07, 6.45) is 1.34. The van der Waals surface area contributed by atoms with E-state index in [0.29, 0.717) is 6.42 Å². The van der Waals surface area contributed by atoms with Crippen LogP contribution in [-0.4, -0.2) is 49.5 Å². The largest absolute Gasteiger partial charge is 0.350 e. The lowest BCUT2D eigenvalue weighted by Crippen LogP contribution is -2.55. The Labute approximate surface area is 218 Å². The molecule has 0 spiro atoms. The van der Waals surface area contributed by atoms with Crippen LogP contribution in [0.25, 0.3) is 0 Å². The fraction of sp³-hybridized carbons (Fsp3) is 0.440. The molecule has 0 fully saturated rings. The Hall–Kier alpha value is -2.29. The molecular weight excluding hydrogens is 509 g/mol. The van der Waals surface area contributed by atoms with Crippen molar-refractivity contribution < 1.29 is 18.0 Å². The summed E-state index contributed by atoms with van der Waals surface area (Å²) in [6.45, 7) is 8.94. The van der Waals surface area contributed by atoms with E-state index in [-0.39, 0.29) is 28.2 Å². The number of aryl methyl sites for hydroxylation is 1. The van der Waals surface area contributed by atoms with Crippen molar-refractivity contribution in [1.82, 2.24) is 10.2 Å². The van der Waals surface area contributed by atoms with Crippen LogP contribution in [0.15, 0.2) is 42.5 Å². The molecule has 0 saturated carbocycles. The Bertz CT molecular complexity index is 1160. The summed E-state index contributed by atoms with van der Waals surface area (Å²) in [4.78, 5) is 28.3. The zero-order valence-corrected chi connectivity index (χ0v) is 23.3. The molecule has 2 aromatic carbocycles. The summed E-state index contributed by atoms with van der Waals surface area (Å²) in [5.41, 5.74) is 1.47. The number of hydrogen-bond donors (Lipinski definition) is 1. The van der Waals surface area contributed by atoms with Crippen LogP contribution in [0.3, 0.4) is 0 Å². The lowest BCUT2D eigenvalue weighted by atomic mass is 10.1. The molecule has 35 heavy (non-hydrogen) atoms. The lowest BCUT2D eigenvalue weighted by Gasteiger charge is -2.34. The van der Waals surface area contributed by atoms with Crippen LogP contribution in [-0.2, 0) is 26.2 Å². The Balaban J connectivity index is 2.49. The molecule has 2 amide bonds. The summed E-state index contributed by atoms with van der Waals surface area (Å²) in [7, 11) is -3.90. The van der Waals surface area contributed by atoms with E-state index in [1.54, 1.807) is 0 Å². The van der Waals surface area contributed by atoms with E-state index >= 15 is 0 Å². The van der Waals surface area contributed by atoms with Gasteiger partial charge in [0.05, 0.1) is 17.0 Å². The van der Waals surface area contributed by atoms with Gasteiger partial charge in [-0.1, -0.05) is 60.0 Å². The fourth-order valence-electron chi connectivity index (χ4n) is 3.53. The van der Waals surface area contributed by atoms with Gasteiger partial charge in [-0.05, 0) is 57.9 Å². The number of nitrogens with one attached hydrogen (secondary N) is 1. The highest BCUT2D eigenvalue weighted by atomic mass is 35.5. The second-order valence-corrected chi connectivity index (χ2v) is 12.3. The molecule has 2 rings (SSSR count). The van der Waals surface area contributed by atoms with Gasteiger partial charge in [0.15, 0.2) is 0 Å². The van der Waals surface area contributed by atoms with Crippen LogP contribution >= 0.6 is 23.2 Å². The Morgan fingerprint density at radius 1 is 1.06 bits per heavy atom. The van der Waals surface area contributed by atoms with Gasteiger partial charge in [0.2, 0.25) is 21.8 Å². The molecule has 0 aliphatic rings. The molecular formula is C25H33Cl2N3O4S. The maximum absolute atomic E-state index is 13.7. The molecule has 0 heterocycles. The van der Waals surface area contributed by atoms with Gasteiger partial charge in [-0.3, -0.25) is 13.9 Å². The smallest absolute Gasteiger partial charge is 0.244 e. The standard InChI is InChI=1S/C25H33Cl2N3O4S/c1-7-21(24(32)28-25(3,4)5)29(15-18-10-8-17(2)9-11-18)23(31)16-30(35(6,33)34)22-14-19(26)12-13-20(22)27/h8-14,21H,7,15-16H2,1-6H3,(H,28,32). The second kappa shape index (κ2) is 11.6. The van der Waals surface area contributed by atoms with E-state index in [1.807, 2.05) is 58.9 Å². The minimum absolute atomic E-state index is 0.0949. The van der Waals surface area contributed by atoms with Gasteiger partial charge in [-0.2, -0.15) is 0 Å². The van der Waals surface area contributed by atoms with Gasteiger partial charge in [-0.15, -0.1) is 0 Å². The highest BCUT2D eigenvalue weighted by Gasteiger charge is 2.33. The summed E-state index contributed by atoms with van der Waals surface area (Å²) in [5.74, 6) is -0.852. The molecule has 0 aliphatic heterocycles. The minimum atomic E-state index is -3.90. The first kappa shape index (κ1) is 28.9. The van der Waals surface area contributed by atoms with E-state index in [9.17, 15) is 18.0 Å². The van der Waals surface area contributed by atoms with Crippen molar-refractivity contribution in [3.05, 3.63) is 63.6 Å². The molecule has 192 valence electrons. The predicted molar refractivity (Wildman–Crippen MR) is 142 cm³/mol. The van der Waals surface area contributed by atoms with Gasteiger partial charge in [0.1, 0.15) is 12.6 Å². The van der Waals surface area contributed by atoms with Gasteiger partial charge < -0.3 is 10.2 Å². The van der Waals surface area contributed by atoms with Crippen LogP contribution in [0.4, 0.5) is 5.69 Å². The number of hydrogen-bond acceptors (Lipinski definition) is 4. The highest BCUT2D eigenvalue weighted by molar-refractivity contribution is 7.92. The number of benzene rings is 2. The SMILES string of the molecule is CCC(C(=O)NC(C)(C)C)N(Cc1ccc(C)cc1)C(=O)CN(c1cc(Cl)ccc1Cl)S(C)(=O)=O. The molecule has 0 aromatic heterocycles. The third kappa shape index (κ3) is 8.40. The maximum atomic E-state index is 13.7. The van der Waals surface area contributed by atoms with Crippen molar-refractivity contribution >= 4 is 50.7 Å². The highest BCUT2D eigenvalue weighted by Crippen LogP contribution is 2.31. The van der Waals surface area contributed by atoms with Crippen molar-refractivity contribution in [3.63, 3.8) is 0 Å². The third-order valence-corrected chi connectivity index (χ3v) is 6.89. The topological polar surface area (TPSA) is 86.8 Å². The average Bonchev–Trinajstić information content (AvgIpc) is 2.73. The minimum Gasteiger partial charge on any atom is -0.350 e. The summed E-state index contributed by atoms with van der Waals surface area (Å²) < 4.78 is 26.3. The number of carbonyl (C=O) groups excluding carboxylic acids is 2. The third-order valence-electron chi connectivity index (χ3n) is 5.21. The molecule has 2 aromatic rings. The number of anilines is 1. The number of halogens is 2. The monoisotopic (exact) mass is 541 g/mol.